The first-order chi connectivity index (χ1) is 21.4. The van der Waals surface area contributed by atoms with Crippen LogP contribution in [0.5, 0.6) is 11.5 Å². The average molecular weight is 626 g/mol. The first kappa shape index (κ1) is 31.8. The van der Waals surface area contributed by atoms with Gasteiger partial charge in [0.25, 0.3) is 0 Å². The molecule has 0 spiro atoms. The van der Waals surface area contributed by atoms with Gasteiger partial charge >= 0.3 is 12.1 Å². The lowest BCUT2D eigenvalue weighted by Gasteiger charge is -2.39. The maximum absolute atomic E-state index is 14.8. The number of methoxy groups -OCH3 is 1. The standard InChI is InChI=1S/C33H31F4N3O5/c1-38-24-7-8-26-27(19-40(28(26)17-24)18-22-4-3-5-23(34)14-22)32(43,33(35,36)37)20-39-12-10-25(11-13-39)45-29-9-6-21(16-31(41)42)15-30(29)44-2/h3-9,14-15,17,19,25,43H,10-13,16,18,20H2,2H3,(H,41,42). The molecule has 1 aromatic heterocycles. The second-order valence-electron chi connectivity index (χ2n) is 11.1. The molecule has 45 heavy (non-hydrogen) atoms. The van der Waals surface area contributed by atoms with E-state index in [1.165, 1.54) is 54.3 Å². The molecule has 3 aromatic carbocycles. The molecule has 1 aliphatic rings. The Morgan fingerprint density at radius 1 is 1.04 bits per heavy atom. The number of aliphatic carboxylic acids is 1. The van der Waals surface area contributed by atoms with E-state index < -0.39 is 30.1 Å². The second kappa shape index (κ2) is 12.8. The maximum atomic E-state index is 14.8. The van der Waals surface area contributed by atoms with Crippen molar-refractivity contribution in [2.75, 3.05) is 26.7 Å². The lowest BCUT2D eigenvalue weighted by molar-refractivity contribution is -0.272. The Morgan fingerprint density at radius 2 is 1.80 bits per heavy atom. The number of ether oxygens (including phenoxy) is 2. The monoisotopic (exact) mass is 625 g/mol. The normalized spacial score (nSPS) is 15.8. The zero-order valence-corrected chi connectivity index (χ0v) is 24.4. The number of piperidine rings is 1. The summed E-state index contributed by atoms with van der Waals surface area (Å²) in [7, 11) is 1.44. The molecule has 1 atom stereocenters. The van der Waals surface area contributed by atoms with E-state index >= 15 is 0 Å². The van der Waals surface area contributed by atoms with Gasteiger partial charge in [0.1, 0.15) is 11.9 Å². The molecule has 8 nitrogen and oxygen atoms in total. The molecule has 0 amide bonds. The van der Waals surface area contributed by atoms with Crippen LogP contribution < -0.4 is 9.47 Å². The number of fused-ring (bicyclic) bond motifs is 1. The summed E-state index contributed by atoms with van der Waals surface area (Å²) in [5.41, 5.74) is -2.00. The molecule has 0 aliphatic carbocycles. The molecule has 2 N–H and O–H groups in total. The van der Waals surface area contributed by atoms with E-state index in [0.717, 1.165) is 0 Å². The molecule has 2 heterocycles. The summed E-state index contributed by atoms with van der Waals surface area (Å²) in [6.45, 7) is 7.11. The van der Waals surface area contributed by atoms with E-state index in [-0.39, 0.29) is 48.8 Å². The number of nitrogens with zero attached hydrogens (tertiary/aromatic N) is 3. The fraction of sp³-hybridized carbons (Fsp3) is 0.333. The van der Waals surface area contributed by atoms with Crippen molar-refractivity contribution in [3.05, 3.63) is 101 Å². The summed E-state index contributed by atoms with van der Waals surface area (Å²) < 4.78 is 71.2. The van der Waals surface area contributed by atoms with Crippen LogP contribution in [0.15, 0.2) is 66.9 Å². The van der Waals surface area contributed by atoms with Gasteiger partial charge < -0.3 is 24.3 Å². The van der Waals surface area contributed by atoms with Crippen LogP contribution in [0.3, 0.4) is 0 Å². The van der Waals surface area contributed by atoms with Crippen molar-refractivity contribution >= 4 is 22.6 Å². The fourth-order valence-electron chi connectivity index (χ4n) is 5.75. The second-order valence-corrected chi connectivity index (χ2v) is 11.1. The molecule has 4 aromatic rings. The average Bonchev–Trinajstić information content (AvgIpc) is 3.35. The van der Waals surface area contributed by atoms with E-state index in [2.05, 4.69) is 4.85 Å². The summed E-state index contributed by atoms with van der Waals surface area (Å²) in [5, 5.41) is 20.7. The van der Waals surface area contributed by atoms with Gasteiger partial charge in [0.05, 0.1) is 20.1 Å². The van der Waals surface area contributed by atoms with Gasteiger partial charge in [-0.3, -0.25) is 9.69 Å². The van der Waals surface area contributed by atoms with Gasteiger partial charge in [0.15, 0.2) is 17.2 Å². The number of benzene rings is 3. The van der Waals surface area contributed by atoms with Crippen LogP contribution in [-0.4, -0.2) is 64.7 Å². The van der Waals surface area contributed by atoms with Gasteiger partial charge in [-0.15, -0.1) is 0 Å². The first-order valence-corrected chi connectivity index (χ1v) is 14.2. The molecule has 1 fully saturated rings. The molecule has 1 aliphatic heterocycles. The molecule has 12 heteroatoms. The smallest absolute Gasteiger partial charge is 0.422 e. The van der Waals surface area contributed by atoms with Crippen LogP contribution in [0.25, 0.3) is 15.7 Å². The van der Waals surface area contributed by atoms with Crippen molar-refractivity contribution in [3.63, 3.8) is 0 Å². The third-order valence-corrected chi connectivity index (χ3v) is 8.02. The quantitative estimate of drug-likeness (QED) is 0.159. The van der Waals surface area contributed by atoms with Crippen LogP contribution >= 0.6 is 0 Å². The minimum absolute atomic E-state index is 0.0349. The van der Waals surface area contributed by atoms with Crippen molar-refractivity contribution in [2.45, 2.75) is 43.7 Å². The fourth-order valence-corrected chi connectivity index (χ4v) is 5.75. The van der Waals surface area contributed by atoms with E-state index in [1.807, 2.05) is 0 Å². The molecule has 5 rings (SSSR count). The van der Waals surface area contributed by atoms with Gasteiger partial charge in [0, 0.05) is 48.8 Å². The maximum Gasteiger partial charge on any atom is 0.422 e. The molecule has 0 radical (unpaired) electrons. The summed E-state index contributed by atoms with van der Waals surface area (Å²) in [6.07, 6.45) is -3.55. The molecule has 0 bridgehead atoms. The predicted molar refractivity (Wildman–Crippen MR) is 158 cm³/mol. The number of likely N-dealkylation sites (tertiary alicyclic amines) is 1. The SMILES string of the molecule is [C-]#[N+]c1ccc2c(C(O)(CN3CCC(Oc4ccc(CC(=O)O)cc4OC)CC3)C(F)(F)F)cn(Cc3cccc(F)c3)c2c1. The van der Waals surface area contributed by atoms with Crippen molar-refractivity contribution < 1.29 is 42.0 Å². The Labute approximate surface area is 256 Å². The minimum atomic E-state index is -5.04. The number of aliphatic hydroxyl groups is 1. The first-order valence-electron chi connectivity index (χ1n) is 14.2. The minimum Gasteiger partial charge on any atom is -0.493 e. The number of halogens is 4. The van der Waals surface area contributed by atoms with Crippen LogP contribution in [0.2, 0.25) is 0 Å². The number of alkyl halides is 3. The van der Waals surface area contributed by atoms with Crippen LogP contribution in [-0.2, 0) is 23.4 Å². The van der Waals surface area contributed by atoms with Crippen molar-refractivity contribution in [1.29, 1.82) is 0 Å². The predicted octanol–water partition coefficient (Wildman–Crippen LogP) is 6.31. The van der Waals surface area contributed by atoms with E-state index in [9.17, 15) is 27.5 Å². The summed E-state index contributed by atoms with van der Waals surface area (Å²) >= 11 is 0. The summed E-state index contributed by atoms with van der Waals surface area (Å²) in [5.74, 6) is -0.708. The molecular formula is C33H31F4N3O5. The van der Waals surface area contributed by atoms with Gasteiger partial charge in [-0.2, -0.15) is 13.2 Å². The molecule has 1 saturated heterocycles. The van der Waals surface area contributed by atoms with Gasteiger partial charge in [0.2, 0.25) is 5.60 Å². The van der Waals surface area contributed by atoms with Gasteiger partial charge in [-0.25, -0.2) is 9.24 Å². The Kier molecular flexibility index (Phi) is 9.04. The third-order valence-electron chi connectivity index (χ3n) is 8.02. The largest absolute Gasteiger partial charge is 0.493 e. The van der Waals surface area contributed by atoms with E-state index in [0.29, 0.717) is 41.0 Å². The lowest BCUT2D eigenvalue weighted by Crippen LogP contribution is -2.53. The van der Waals surface area contributed by atoms with Crippen LogP contribution in [0.4, 0.5) is 23.2 Å². The van der Waals surface area contributed by atoms with Crippen molar-refractivity contribution in [3.8, 4) is 11.5 Å². The van der Waals surface area contributed by atoms with Crippen molar-refractivity contribution in [1.82, 2.24) is 9.47 Å². The molecule has 0 saturated carbocycles. The number of carbonyl (C=O) groups is 1. The summed E-state index contributed by atoms with van der Waals surface area (Å²) in [4.78, 5) is 16.0. The van der Waals surface area contributed by atoms with Crippen LogP contribution in [0, 0.1) is 12.4 Å². The number of carboxylic acids is 1. The highest BCUT2D eigenvalue weighted by atomic mass is 19.4. The van der Waals surface area contributed by atoms with Gasteiger partial charge in [-0.05, 0) is 54.3 Å². The highest BCUT2D eigenvalue weighted by molar-refractivity contribution is 5.88. The van der Waals surface area contributed by atoms with Crippen LogP contribution in [0.1, 0.15) is 29.5 Å². The number of hydrogen-bond donors (Lipinski definition) is 2. The zero-order chi connectivity index (χ0) is 32.4. The Balaban J connectivity index is 1.37. The van der Waals surface area contributed by atoms with E-state index in [4.69, 9.17) is 21.2 Å². The highest BCUT2D eigenvalue weighted by Gasteiger charge is 2.57. The Bertz CT molecular complexity index is 1740. The summed E-state index contributed by atoms with van der Waals surface area (Å²) in [6, 6.07) is 14.8. The lowest BCUT2D eigenvalue weighted by atomic mass is 9.91. The highest BCUT2D eigenvalue weighted by Crippen LogP contribution is 2.44. The van der Waals surface area contributed by atoms with Gasteiger partial charge in [-0.1, -0.05) is 30.3 Å². The molecular weight excluding hydrogens is 594 g/mol. The number of β-amino-alcohol motifs (C(OH)–C–C–N with tert-alkyl or cyclic N) is 1. The molecule has 236 valence electrons. The number of aromatic nitrogens is 1. The zero-order valence-electron chi connectivity index (χ0n) is 24.4. The number of carboxylic acid groups (broad SMARTS) is 1. The van der Waals surface area contributed by atoms with E-state index in [1.54, 1.807) is 29.2 Å². The number of rotatable bonds is 10. The Hall–Kier alpha value is -4.60. The molecule has 1 unspecified atom stereocenters. The Morgan fingerprint density at radius 3 is 2.44 bits per heavy atom. The topological polar surface area (TPSA) is 88.5 Å². The third kappa shape index (κ3) is 6.90. The number of hydrogen-bond acceptors (Lipinski definition) is 5. The van der Waals surface area contributed by atoms with Crippen molar-refractivity contribution in [2.24, 2.45) is 0 Å².